The van der Waals surface area contributed by atoms with Crippen molar-refractivity contribution < 1.29 is 19.4 Å². The number of nitro groups is 2. The first kappa shape index (κ1) is 15.3. The van der Waals surface area contributed by atoms with Crippen LogP contribution in [0.25, 0.3) is 0 Å². The Bertz CT molecular complexity index is 545. The van der Waals surface area contributed by atoms with E-state index in [1.165, 1.54) is 0 Å². The second kappa shape index (κ2) is 6.45. The summed E-state index contributed by atoms with van der Waals surface area (Å²) in [6.45, 7) is 3.48. The van der Waals surface area contributed by atoms with Gasteiger partial charge in [0.15, 0.2) is 0 Å². The lowest BCUT2D eigenvalue weighted by molar-refractivity contribution is -0.393. The van der Waals surface area contributed by atoms with Gasteiger partial charge in [-0.1, -0.05) is 6.92 Å². The second-order valence-electron chi connectivity index (χ2n) is 3.96. The van der Waals surface area contributed by atoms with Crippen LogP contribution in [0.4, 0.5) is 21.9 Å². The molecule has 0 fully saturated rings. The SMILES string of the molecule is CCC(C)OC(=O)Nc1ccc([N+](=O)[O-])cc1[N+](=O)[O-]. The van der Waals surface area contributed by atoms with Gasteiger partial charge < -0.3 is 4.74 Å². The Morgan fingerprint density at radius 3 is 2.50 bits per heavy atom. The van der Waals surface area contributed by atoms with E-state index in [4.69, 9.17) is 4.74 Å². The number of nitrogens with one attached hydrogen (secondary N) is 1. The third-order valence-electron chi connectivity index (χ3n) is 2.51. The molecule has 9 nitrogen and oxygen atoms in total. The van der Waals surface area contributed by atoms with Crippen molar-refractivity contribution in [3.8, 4) is 0 Å². The quantitative estimate of drug-likeness (QED) is 0.654. The Morgan fingerprint density at radius 1 is 1.35 bits per heavy atom. The minimum atomic E-state index is -0.851. The van der Waals surface area contributed by atoms with Crippen molar-refractivity contribution in [1.82, 2.24) is 0 Å². The van der Waals surface area contributed by atoms with Gasteiger partial charge in [-0.05, 0) is 19.4 Å². The number of anilines is 1. The summed E-state index contributed by atoms with van der Waals surface area (Å²) in [5, 5.41) is 23.6. The van der Waals surface area contributed by atoms with Crippen molar-refractivity contribution >= 4 is 23.2 Å². The molecule has 1 aromatic rings. The van der Waals surface area contributed by atoms with Crippen LogP contribution in [-0.4, -0.2) is 22.0 Å². The zero-order chi connectivity index (χ0) is 15.3. The summed E-state index contributed by atoms with van der Waals surface area (Å²) < 4.78 is 4.91. The van der Waals surface area contributed by atoms with E-state index in [0.717, 1.165) is 18.2 Å². The number of ether oxygens (including phenoxy) is 1. The predicted molar refractivity (Wildman–Crippen MR) is 69.6 cm³/mol. The summed E-state index contributed by atoms with van der Waals surface area (Å²) in [7, 11) is 0. The van der Waals surface area contributed by atoms with Gasteiger partial charge in [0, 0.05) is 6.07 Å². The highest BCUT2D eigenvalue weighted by Gasteiger charge is 2.21. The summed E-state index contributed by atoms with van der Waals surface area (Å²) in [4.78, 5) is 31.3. The van der Waals surface area contributed by atoms with E-state index in [1.54, 1.807) is 6.92 Å². The molecule has 1 rings (SSSR count). The minimum absolute atomic E-state index is 0.158. The fourth-order valence-electron chi connectivity index (χ4n) is 1.30. The molecule has 1 unspecified atom stereocenters. The molecular formula is C11H13N3O6. The number of hydrogen-bond acceptors (Lipinski definition) is 6. The maximum atomic E-state index is 11.5. The third-order valence-corrected chi connectivity index (χ3v) is 2.51. The van der Waals surface area contributed by atoms with E-state index in [9.17, 15) is 25.0 Å². The molecule has 1 N–H and O–H groups in total. The Hall–Kier alpha value is -2.71. The largest absolute Gasteiger partial charge is 0.446 e. The summed E-state index contributed by atoms with van der Waals surface area (Å²) in [6.07, 6.45) is -0.598. The van der Waals surface area contributed by atoms with Gasteiger partial charge in [-0.2, -0.15) is 0 Å². The van der Waals surface area contributed by atoms with Crippen molar-refractivity contribution in [2.24, 2.45) is 0 Å². The van der Waals surface area contributed by atoms with Crippen LogP contribution in [0.3, 0.4) is 0 Å². The molecule has 0 aromatic heterocycles. The minimum Gasteiger partial charge on any atom is -0.446 e. The lowest BCUT2D eigenvalue weighted by Crippen LogP contribution is -2.20. The van der Waals surface area contributed by atoms with Gasteiger partial charge >= 0.3 is 6.09 Å². The lowest BCUT2D eigenvalue weighted by Gasteiger charge is -2.11. The second-order valence-corrected chi connectivity index (χ2v) is 3.96. The van der Waals surface area contributed by atoms with E-state index in [1.807, 2.05) is 6.92 Å². The van der Waals surface area contributed by atoms with Crippen molar-refractivity contribution in [3.05, 3.63) is 38.4 Å². The molecule has 0 radical (unpaired) electrons. The van der Waals surface area contributed by atoms with Crippen LogP contribution in [0.15, 0.2) is 18.2 Å². The van der Waals surface area contributed by atoms with Gasteiger partial charge in [0.1, 0.15) is 11.8 Å². The van der Waals surface area contributed by atoms with Crippen LogP contribution in [0.2, 0.25) is 0 Å². The Kier molecular flexibility index (Phi) is 4.95. The lowest BCUT2D eigenvalue weighted by atomic mass is 10.2. The zero-order valence-corrected chi connectivity index (χ0v) is 10.9. The third kappa shape index (κ3) is 3.90. The van der Waals surface area contributed by atoms with E-state index in [0.29, 0.717) is 6.42 Å². The molecule has 0 saturated heterocycles. The maximum absolute atomic E-state index is 11.5. The molecule has 1 amide bonds. The normalized spacial score (nSPS) is 11.5. The van der Waals surface area contributed by atoms with Gasteiger partial charge in [-0.15, -0.1) is 0 Å². The molecule has 9 heteroatoms. The smallest absolute Gasteiger partial charge is 0.412 e. The van der Waals surface area contributed by atoms with E-state index in [-0.39, 0.29) is 11.8 Å². The first-order valence-corrected chi connectivity index (χ1v) is 5.75. The molecule has 1 atom stereocenters. The fourth-order valence-corrected chi connectivity index (χ4v) is 1.30. The van der Waals surface area contributed by atoms with E-state index < -0.39 is 27.3 Å². The molecule has 0 spiro atoms. The topological polar surface area (TPSA) is 125 Å². The molecule has 0 aliphatic heterocycles. The van der Waals surface area contributed by atoms with Crippen molar-refractivity contribution in [2.45, 2.75) is 26.4 Å². The highest BCUT2D eigenvalue weighted by atomic mass is 16.6. The Morgan fingerprint density at radius 2 is 2.00 bits per heavy atom. The highest BCUT2D eigenvalue weighted by Crippen LogP contribution is 2.29. The van der Waals surface area contributed by atoms with Crippen LogP contribution >= 0.6 is 0 Å². The summed E-state index contributed by atoms with van der Waals surface area (Å²) in [5.74, 6) is 0. The fraction of sp³-hybridized carbons (Fsp3) is 0.364. The number of nitro benzene ring substituents is 2. The van der Waals surface area contributed by atoms with Crippen LogP contribution in [0, 0.1) is 20.2 Å². The molecule has 108 valence electrons. The van der Waals surface area contributed by atoms with Crippen LogP contribution in [0.1, 0.15) is 20.3 Å². The summed E-state index contributed by atoms with van der Waals surface area (Å²) in [6, 6.07) is 2.93. The number of non-ortho nitro benzene ring substituents is 1. The van der Waals surface area contributed by atoms with Gasteiger partial charge in [0.25, 0.3) is 11.4 Å². The maximum Gasteiger partial charge on any atom is 0.412 e. The van der Waals surface area contributed by atoms with Gasteiger partial charge in [-0.25, -0.2) is 4.79 Å². The number of carbonyl (C=O) groups excluding carboxylic acids is 1. The van der Waals surface area contributed by atoms with Crippen LogP contribution in [0.5, 0.6) is 0 Å². The molecule has 0 heterocycles. The van der Waals surface area contributed by atoms with Crippen molar-refractivity contribution in [2.75, 3.05) is 5.32 Å². The molecule has 0 bridgehead atoms. The predicted octanol–water partition coefficient (Wildman–Crippen LogP) is 2.85. The molecule has 0 saturated carbocycles. The number of rotatable bonds is 5. The standard InChI is InChI=1S/C11H13N3O6/c1-3-7(2)20-11(15)12-9-5-4-8(13(16)17)6-10(9)14(18)19/h4-7H,3H2,1-2H3,(H,12,15). The summed E-state index contributed by atoms with van der Waals surface area (Å²) in [5.41, 5.74) is -1.16. The number of amides is 1. The van der Waals surface area contributed by atoms with Crippen molar-refractivity contribution in [3.63, 3.8) is 0 Å². The van der Waals surface area contributed by atoms with Gasteiger partial charge in [-0.3, -0.25) is 25.5 Å². The molecule has 0 aliphatic rings. The number of benzene rings is 1. The first-order chi connectivity index (χ1) is 9.35. The summed E-state index contributed by atoms with van der Waals surface area (Å²) >= 11 is 0. The average molecular weight is 283 g/mol. The van der Waals surface area contributed by atoms with Crippen molar-refractivity contribution in [1.29, 1.82) is 0 Å². The average Bonchev–Trinajstić information content (AvgIpc) is 2.38. The Balaban J connectivity index is 2.97. The van der Waals surface area contributed by atoms with Crippen LogP contribution in [-0.2, 0) is 4.74 Å². The molecule has 1 aromatic carbocycles. The first-order valence-electron chi connectivity index (χ1n) is 5.75. The number of nitrogens with zero attached hydrogens (tertiary/aromatic N) is 2. The van der Waals surface area contributed by atoms with Gasteiger partial charge in [0.05, 0.1) is 15.9 Å². The van der Waals surface area contributed by atoms with E-state index >= 15 is 0 Å². The number of carbonyl (C=O) groups is 1. The highest BCUT2D eigenvalue weighted by molar-refractivity contribution is 5.88. The molecule has 20 heavy (non-hydrogen) atoms. The van der Waals surface area contributed by atoms with Gasteiger partial charge in [0.2, 0.25) is 0 Å². The molecule has 0 aliphatic carbocycles. The molecular weight excluding hydrogens is 270 g/mol. The Labute approximate surface area is 113 Å². The monoisotopic (exact) mass is 283 g/mol. The van der Waals surface area contributed by atoms with E-state index in [2.05, 4.69) is 5.32 Å². The van der Waals surface area contributed by atoms with Crippen LogP contribution < -0.4 is 5.32 Å². The number of hydrogen-bond donors (Lipinski definition) is 1. The zero-order valence-electron chi connectivity index (χ0n) is 10.9.